The van der Waals surface area contributed by atoms with Crippen molar-refractivity contribution in [1.82, 2.24) is 10.6 Å². The van der Waals surface area contributed by atoms with Crippen molar-refractivity contribution in [2.24, 2.45) is 5.41 Å². The van der Waals surface area contributed by atoms with Gasteiger partial charge in [0.1, 0.15) is 18.9 Å². The summed E-state index contributed by atoms with van der Waals surface area (Å²) in [6.45, 7) is 7.23. The smallest absolute Gasteiger partial charge is 0.409 e. The molecule has 0 heterocycles. The molecule has 8 nitrogen and oxygen atoms in total. The van der Waals surface area contributed by atoms with Gasteiger partial charge in [0.15, 0.2) is 0 Å². The highest BCUT2D eigenvalue weighted by molar-refractivity contribution is 5.81. The predicted octanol–water partition coefficient (Wildman–Crippen LogP) is 2.01. The molecule has 130 valence electrons. The SMILES string of the molecule is C=CC(=O)OCCOC(=O)NC1(NC(=O)O)CCC(C)(C)CC1. The van der Waals surface area contributed by atoms with Gasteiger partial charge in [0.2, 0.25) is 0 Å². The first kappa shape index (κ1) is 18.8. The average Bonchev–Trinajstić information content (AvgIpc) is 2.46. The second-order valence-corrected chi connectivity index (χ2v) is 6.31. The number of nitrogens with one attached hydrogen (secondary N) is 2. The molecular formula is C15H24N2O6. The van der Waals surface area contributed by atoms with Gasteiger partial charge in [0.25, 0.3) is 0 Å². The molecule has 0 bridgehead atoms. The van der Waals surface area contributed by atoms with Crippen molar-refractivity contribution < 1.29 is 29.0 Å². The number of rotatable bonds is 6. The van der Waals surface area contributed by atoms with E-state index in [1.165, 1.54) is 0 Å². The molecule has 8 heteroatoms. The van der Waals surface area contributed by atoms with Crippen LogP contribution in [-0.4, -0.2) is 42.1 Å². The number of hydrogen-bond donors (Lipinski definition) is 3. The lowest BCUT2D eigenvalue weighted by Crippen LogP contribution is -2.62. The minimum absolute atomic E-state index is 0.0926. The lowest BCUT2D eigenvalue weighted by Gasteiger charge is -2.43. The zero-order valence-electron chi connectivity index (χ0n) is 13.5. The maximum absolute atomic E-state index is 11.8. The number of amides is 2. The van der Waals surface area contributed by atoms with Gasteiger partial charge in [-0.05, 0) is 31.1 Å². The van der Waals surface area contributed by atoms with E-state index in [1.54, 1.807) is 0 Å². The lowest BCUT2D eigenvalue weighted by atomic mass is 9.73. The van der Waals surface area contributed by atoms with E-state index >= 15 is 0 Å². The fourth-order valence-corrected chi connectivity index (χ4v) is 2.41. The molecular weight excluding hydrogens is 304 g/mol. The number of carbonyl (C=O) groups excluding carboxylic acids is 2. The summed E-state index contributed by atoms with van der Waals surface area (Å²) < 4.78 is 9.58. The third-order valence-corrected chi connectivity index (χ3v) is 3.87. The van der Waals surface area contributed by atoms with Gasteiger partial charge in [-0.25, -0.2) is 14.4 Å². The summed E-state index contributed by atoms with van der Waals surface area (Å²) in [6.07, 6.45) is 1.54. The lowest BCUT2D eigenvalue weighted by molar-refractivity contribution is -0.138. The summed E-state index contributed by atoms with van der Waals surface area (Å²) in [5.74, 6) is -0.604. The number of hydrogen-bond acceptors (Lipinski definition) is 5. The fraction of sp³-hybridized carbons (Fsp3) is 0.667. The second-order valence-electron chi connectivity index (χ2n) is 6.31. The highest BCUT2D eigenvalue weighted by atomic mass is 16.6. The van der Waals surface area contributed by atoms with E-state index in [9.17, 15) is 14.4 Å². The molecule has 0 aliphatic heterocycles. The summed E-state index contributed by atoms with van der Waals surface area (Å²) in [6, 6.07) is 0. The van der Waals surface area contributed by atoms with Crippen LogP contribution in [0, 0.1) is 5.41 Å². The summed E-state index contributed by atoms with van der Waals surface area (Å²) in [5, 5.41) is 14.0. The van der Waals surface area contributed by atoms with Gasteiger partial charge in [0, 0.05) is 6.08 Å². The summed E-state index contributed by atoms with van der Waals surface area (Å²) >= 11 is 0. The van der Waals surface area contributed by atoms with Gasteiger partial charge in [-0.15, -0.1) is 0 Å². The maximum Gasteiger partial charge on any atom is 0.409 e. The molecule has 3 N–H and O–H groups in total. The number of esters is 1. The van der Waals surface area contributed by atoms with E-state index in [2.05, 4.69) is 35.8 Å². The van der Waals surface area contributed by atoms with E-state index in [0.29, 0.717) is 12.8 Å². The third-order valence-electron chi connectivity index (χ3n) is 3.87. The Morgan fingerprint density at radius 2 is 1.65 bits per heavy atom. The quantitative estimate of drug-likeness (QED) is 0.297. The molecule has 0 unspecified atom stereocenters. The molecule has 0 saturated heterocycles. The molecule has 0 aromatic heterocycles. The zero-order valence-corrected chi connectivity index (χ0v) is 13.5. The second kappa shape index (κ2) is 7.85. The molecule has 1 fully saturated rings. The van der Waals surface area contributed by atoms with Crippen molar-refractivity contribution in [2.45, 2.75) is 45.2 Å². The Kier molecular flexibility index (Phi) is 6.41. The van der Waals surface area contributed by atoms with Crippen LogP contribution in [-0.2, 0) is 14.3 Å². The molecule has 0 atom stereocenters. The molecule has 1 aliphatic rings. The molecule has 1 rings (SSSR count). The normalized spacial score (nSPS) is 18.3. The zero-order chi connectivity index (χ0) is 17.5. The minimum Gasteiger partial charge on any atom is -0.465 e. The highest BCUT2D eigenvalue weighted by Crippen LogP contribution is 2.39. The van der Waals surface area contributed by atoms with Crippen LogP contribution in [0.3, 0.4) is 0 Å². The Hall–Kier alpha value is -2.25. The fourth-order valence-electron chi connectivity index (χ4n) is 2.41. The number of carboxylic acid groups (broad SMARTS) is 1. The third kappa shape index (κ3) is 6.58. The number of alkyl carbamates (subject to hydrolysis) is 1. The van der Waals surface area contributed by atoms with Crippen molar-refractivity contribution in [1.29, 1.82) is 0 Å². The van der Waals surface area contributed by atoms with Crippen LogP contribution in [0.4, 0.5) is 9.59 Å². The van der Waals surface area contributed by atoms with E-state index in [4.69, 9.17) is 9.84 Å². The van der Waals surface area contributed by atoms with Gasteiger partial charge in [-0.1, -0.05) is 20.4 Å². The van der Waals surface area contributed by atoms with Gasteiger partial charge < -0.3 is 14.6 Å². The molecule has 0 aromatic carbocycles. The molecule has 23 heavy (non-hydrogen) atoms. The van der Waals surface area contributed by atoms with Gasteiger partial charge in [-0.3, -0.25) is 10.6 Å². The molecule has 0 radical (unpaired) electrons. The van der Waals surface area contributed by atoms with E-state index < -0.39 is 23.8 Å². The summed E-state index contributed by atoms with van der Waals surface area (Å²) in [5.41, 5.74) is -0.926. The molecule has 0 spiro atoms. The molecule has 1 aliphatic carbocycles. The standard InChI is InChI=1S/C15H24N2O6/c1-4-11(18)22-9-10-23-13(21)17-15(16-12(19)20)7-5-14(2,3)6-8-15/h4,16H,1,5-10H2,2-3H3,(H,17,21)(H,19,20). The van der Waals surface area contributed by atoms with E-state index in [-0.39, 0.29) is 18.6 Å². The first-order chi connectivity index (χ1) is 10.7. The Balaban J connectivity index is 2.50. The van der Waals surface area contributed by atoms with E-state index in [0.717, 1.165) is 18.9 Å². The van der Waals surface area contributed by atoms with Gasteiger partial charge in [-0.2, -0.15) is 0 Å². The Morgan fingerprint density at radius 1 is 1.09 bits per heavy atom. The molecule has 0 aromatic rings. The number of ether oxygens (including phenoxy) is 2. The summed E-state index contributed by atoms with van der Waals surface area (Å²) in [7, 11) is 0. The van der Waals surface area contributed by atoms with Crippen molar-refractivity contribution in [3.63, 3.8) is 0 Å². The van der Waals surface area contributed by atoms with Crippen molar-refractivity contribution in [2.75, 3.05) is 13.2 Å². The van der Waals surface area contributed by atoms with Crippen LogP contribution in [0.2, 0.25) is 0 Å². The molecule has 1 saturated carbocycles. The van der Waals surface area contributed by atoms with E-state index in [1.807, 2.05) is 0 Å². The predicted molar refractivity (Wildman–Crippen MR) is 81.8 cm³/mol. The monoisotopic (exact) mass is 328 g/mol. The van der Waals surface area contributed by atoms with Crippen LogP contribution >= 0.6 is 0 Å². The minimum atomic E-state index is -1.20. The Morgan fingerprint density at radius 3 is 2.17 bits per heavy atom. The van der Waals surface area contributed by atoms with Crippen molar-refractivity contribution in [3.05, 3.63) is 12.7 Å². The summed E-state index contributed by atoms with van der Waals surface area (Å²) in [4.78, 5) is 33.7. The van der Waals surface area contributed by atoms with Crippen LogP contribution < -0.4 is 10.6 Å². The first-order valence-corrected chi connectivity index (χ1v) is 7.43. The van der Waals surface area contributed by atoms with Crippen LogP contribution in [0.15, 0.2) is 12.7 Å². The average molecular weight is 328 g/mol. The van der Waals surface area contributed by atoms with Crippen molar-refractivity contribution >= 4 is 18.2 Å². The van der Waals surface area contributed by atoms with Crippen LogP contribution in [0.25, 0.3) is 0 Å². The Labute approximate surface area is 135 Å². The topological polar surface area (TPSA) is 114 Å². The van der Waals surface area contributed by atoms with Gasteiger partial charge in [0.05, 0.1) is 0 Å². The number of carbonyl (C=O) groups is 3. The van der Waals surface area contributed by atoms with Crippen LogP contribution in [0.5, 0.6) is 0 Å². The maximum atomic E-state index is 11.8. The van der Waals surface area contributed by atoms with Crippen LogP contribution in [0.1, 0.15) is 39.5 Å². The highest BCUT2D eigenvalue weighted by Gasteiger charge is 2.41. The first-order valence-electron chi connectivity index (χ1n) is 7.43. The molecule has 2 amide bonds. The largest absolute Gasteiger partial charge is 0.465 e. The van der Waals surface area contributed by atoms with Crippen molar-refractivity contribution in [3.8, 4) is 0 Å². The van der Waals surface area contributed by atoms with Gasteiger partial charge >= 0.3 is 18.2 Å². The Bertz CT molecular complexity index is 465.